The number of ketones is 1. The molecule has 0 aliphatic rings. The molecule has 0 aliphatic heterocycles. The summed E-state index contributed by atoms with van der Waals surface area (Å²) in [5, 5.41) is 26.3. The zero-order valence-electron chi connectivity index (χ0n) is 12.7. The van der Waals surface area contributed by atoms with Crippen molar-refractivity contribution in [3.8, 4) is 0 Å². The van der Waals surface area contributed by atoms with E-state index in [-0.39, 0.29) is 37.9 Å². The summed E-state index contributed by atoms with van der Waals surface area (Å²) in [6.07, 6.45) is 0. The summed E-state index contributed by atoms with van der Waals surface area (Å²) in [5.41, 5.74) is 0. The van der Waals surface area contributed by atoms with Crippen LogP contribution in [0.5, 0.6) is 0 Å². The Morgan fingerprint density at radius 1 is 0.727 bits per heavy atom. The summed E-state index contributed by atoms with van der Waals surface area (Å²) in [7, 11) is 0. The lowest BCUT2D eigenvalue weighted by Gasteiger charge is -2.24. The Morgan fingerprint density at radius 3 is 1.32 bits per heavy atom. The largest absolute Gasteiger partial charge is 0.480 e. The third kappa shape index (κ3) is 9.83. The number of carbonyl (C=O) groups excluding carboxylic acids is 1. The van der Waals surface area contributed by atoms with Crippen molar-refractivity contribution < 1.29 is 34.5 Å². The van der Waals surface area contributed by atoms with Crippen LogP contribution in [0, 0.1) is 5.92 Å². The first kappa shape index (κ1) is 20.0. The lowest BCUT2D eigenvalue weighted by molar-refractivity contribution is -0.143. The van der Waals surface area contributed by atoms with Crippen LogP contribution in [-0.2, 0) is 19.2 Å². The van der Waals surface area contributed by atoms with Gasteiger partial charge in [-0.25, -0.2) is 0 Å². The zero-order valence-corrected chi connectivity index (χ0v) is 12.7. The van der Waals surface area contributed by atoms with Crippen molar-refractivity contribution in [1.29, 1.82) is 0 Å². The van der Waals surface area contributed by atoms with E-state index in [1.54, 1.807) is 13.8 Å². The van der Waals surface area contributed by atoms with Crippen molar-refractivity contribution in [2.45, 2.75) is 13.8 Å². The highest BCUT2D eigenvalue weighted by Gasteiger charge is 2.19. The first-order chi connectivity index (χ1) is 10.1. The second kappa shape index (κ2) is 9.85. The molecule has 0 amide bonds. The van der Waals surface area contributed by atoms with E-state index in [0.29, 0.717) is 0 Å². The van der Waals surface area contributed by atoms with Crippen molar-refractivity contribution >= 4 is 23.7 Å². The third-order valence-corrected chi connectivity index (χ3v) is 2.83. The van der Waals surface area contributed by atoms with Crippen LogP contribution in [-0.4, -0.2) is 88.1 Å². The van der Waals surface area contributed by atoms with E-state index in [9.17, 15) is 19.2 Å². The Labute approximate surface area is 128 Å². The summed E-state index contributed by atoms with van der Waals surface area (Å²) in [6.45, 7) is 2.15. The number of nitrogens with zero attached hydrogens (tertiary/aromatic N) is 2. The summed E-state index contributed by atoms with van der Waals surface area (Å²) < 4.78 is 0. The number of Topliss-reactive ketones (excluding diaryl/α,β-unsaturated/α-hetero) is 1. The fourth-order valence-electron chi connectivity index (χ4n) is 1.69. The number of hydrogen-bond donors (Lipinski definition) is 3. The number of rotatable bonds is 12. The lowest BCUT2D eigenvalue weighted by atomic mass is 10.1. The molecule has 0 saturated heterocycles. The van der Waals surface area contributed by atoms with Crippen molar-refractivity contribution in [2.75, 3.05) is 39.3 Å². The molecule has 9 heteroatoms. The average molecular weight is 318 g/mol. The summed E-state index contributed by atoms with van der Waals surface area (Å²) >= 11 is 0. The van der Waals surface area contributed by atoms with Crippen LogP contribution in [0.2, 0.25) is 0 Å². The normalized spacial score (nSPS) is 11.1. The first-order valence-corrected chi connectivity index (χ1v) is 6.74. The molecule has 9 nitrogen and oxygen atoms in total. The fourth-order valence-corrected chi connectivity index (χ4v) is 1.69. The highest BCUT2D eigenvalue weighted by atomic mass is 16.4. The second-order valence-corrected chi connectivity index (χ2v) is 5.22. The van der Waals surface area contributed by atoms with Crippen molar-refractivity contribution in [1.82, 2.24) is 9.80 Å². The van der Waals surface area contributed by atoms with Crippen LogP contribution in [0.4, 0.5) is 0 Å². The minimum Gasteiger partial charge on any atom is -0.480 e. The smallest absolute Gasteiger partial charge is 0.317 e. The van der Waals surface area contributed by atoms with E-state index in [2.05, 4.69) is 0 Å². The number of hydrogen-bond acceptors (Lipinski definition) is 6. The first-order valence-electron chi connectivity index (χ1n) is 6.74. The van der Waals surface area contributed by atoms with Crippen LogP contribution in [0.3, 0.4) is 0 Å². The molecular formula is C13H22N2O7. The number of aliphatic carboxylic acids is 3. The molecule has 0 aliphatic carbocycles. The number of carboxylic acids is 3. The number of carboxylic acid groups (broad SMARTS) is 3. The molecule has 0 radical (unpaired) electrons. The average Bonchev–Trinajstić information content (AvgIpc) is 2.33. The Bertz CT molecular complexity index is 407. The van der Waals surface area contributed by atoms with E-state index in [4.69, 9.17) is 15.3 Å². The van der Waals surface area contributed by atoms with Crippen molar-refractivity contribution in [2.24, 2.45) is 5.92 Å². The Kier molecular flexibility index (Phi) is 8.95. The topological polar surface area (TPSA) is 135 Å². The van der Waals surface area contributed by atoms with Crippen LogP contribution >= 0.6 is 0 Å². The molecule has 0 aromatic rings. The standard InChI is InChI=1S/C13H22N2O7/c1-9(2)10(16)5-14(6-11(17)18)3-4-15(7-12(19)20)8-13(21)22/h9H,3-8H2,1-2H3,(H,17,18)(H,19,20)(H,21,22). The van der Waals surface area contributed by atoms with Crippen LogP contribution in [0.15, 0.2) is 0 Å². The molecule has 0 spiro atoms. The van der Waals surface area contributed by atoms with Crippen LogP contribution in [0.1, 0.15) is 13.8 Å². The molecule has 0 atom stereocenters. The van der Waals surface area contributed by atoms with E-state index in [1.165, 1.54) is 9.80 Å². The van der Waals surface area contributed by atoms with Gasteiger partial charge in [0.15, 0.2) is 0 Å². The lowest BCUT2D eigenvalue weighted by Crippen LogP contribution is -2.43. The van der Waals surface area contributed by atoms with Gasteiger partial charge in [-0.15, -0.1) is 0 Å². The van der Waals surface area contributed by atoms with Crippen molar-refractivity contribution in [3.63, 3.8) is 0 Å². The maximum Gasteiger partial charge on any atom is 0.317 e. The van der Waals surface area contributed by atoms with E-state index < -0.39 is 31.0 Å². The van der Waals surface area contributed by atoms with Gasteiger partial charge in [0, 0.05) is 19.0 Å². The van der Waals surface area contributed by atoms with Crippen LogP contribution in [0.25, 0.3) is 0 Å². The van der Waals surface area contributed by atoms with Crippen molar-refractivity contribution in [3.05, 3.63) is 0 Å². The van der Waals surface area contributed by atoms with Gasteiger partial charge >= 0.3 is 17.9 Å². The SMILES string of the molecule is CC(C)C(=O)CN(CCN(CC(=O)O)CC(=O)O)CC(=O)O. The molecule has 0 fully saturated rings. The summed E-state index contributed by atoms with van der Waals surface area (Å²) in [6, 6.07) is 0. The predicted molar refractivity (Wildman–Crippen MR) is 75.6 cm³/mol. The van der Waals surface area contributed by atoms with Gasteiger partial charge in [-0.2, -0.15) is 0 Å². The minimum atomic E-state index is -1.18. The fraction of sp³-hybridized carbons (Fsp3) is 0.692. The van der Waals surface area contributed by atoms with Gasteiger partial charge in [-0.3, -0.25) is 29.0 Å². The van der Waals surface area contributed by atoms with Gasteiger partial charge < -0.3 is 15.3 Å². The maximum atomic E-state index is 11.7. The monoisotopic (exact) mass is 318 g/mol. The van der Waals surface area contributed by atoms with Gasteiger partial charge in [-0.1, -0.05) is 13.8 Å². The molecule has 22 heavy (non-hydrogen) atoms. The highest BCUT2D eigenvalue weighted by molar-refractivity contribution is 5.82. The van der Waals surface area contributed by atoms with Gasteiger partial charge in [-0.05, 0) is 0 Å². The zero-order chi connectivity index (χ0) is 17.3. The predicted octanol–water partition coefficient (Wildman–Crippen LogP) is -0.931. The van der Waals surface area contributed by atoms with Gasteiger partial charge in [0.05, 0.1) is 26.2 Å². The summed E-state index contributed by atoms with van der Waals surface area (Å²) in [4.78, 5) is 46.4. The molecule has 0 unspecified atom stereocenters. The number of carbonyl (C=O) groups is 4. The summed E-state index contributed by atoms with van der Waals surface area (Å²) in [5.74, 6) is -3.84. The Morgan fingerprint density at radius 2 is 1.05 bits per heavy atom. The molecule has 126 valence electrons. The molecular weight excluding hydrogens is 296 g/mol. The Balaban J connectivity index is 4.66. The van der Waals surface area contributed by atoms with Gasteiger partial charge in [0.1, 0.15) is 5.78 Å². The third-order valence-electron chi connectivity index (χ3n) is 2.83. The minimum absolute atomic E-state index is 0.0389. The molecule has 0 heterocycles. The Hall–Kier alpha value is -2.00. The van der Waals surface area contributed by atoms with E-state index in [0.717, 1.165) is 0 Å². The maximum absolute atomic E-state index is 11.7. The molecule has 0 rings (SSSR count). The molecule has 3 N–H and O–H groups in total. The quantitative estimate of drug-likeness (QED) is 0.417. The second-order valence-electron chi connectivity index (χ2n) is 5.22. The molecule has 0 bridgehead atoms. The van der Waals surface area contributed by atoms with E-state index >= 15 is 0 Å². The van der Waals surface area contributed by atoms with Gasteiger partial charge in [0.2, 0.25) is 0 Å². The molecule has 0 saturated carbocycles. The van der Waals surface area contributed by atoms with E-state index in [1.807, 2.05) is 0 Å². The molecule has 0 aromatic carbocycles. The molecule has 0 aromatic heterocycles. The van der Waals surface area contributed by atoms with Crippen LogP contribution < -0.4 is 0 Å². The highest BCUT2D eigenvalue weighted by Crippen LogP contribution is 1.99. The van der Waals surface area contributed by atoms with Gasteiger partial charge in [0.25, 0.3) is 0 Å².